The summed E-state index contributed by atoms with van der Waals surface area (Å²) >= 11 is 0. The van der Waals surface area contributed by atoms with Gasteiger partial charge in [-0.3, -0.25) is 9.78 Å². The van der Waals surface area contributed by atoms with Crippen LogP contribution in [0.3, 0.4) is 0 Å². The molecule has 3 aliphatic heterocycles. The molecule has 0 bridgehead atoms. The number of carbonyl (C=O) groups is 1. The zero-order valence-electron chi connectivity index (χ0n) is 23.3. The van der Waals surface area contributed by atoms with E-state index in [1.165, 1.54) is 12.5 Å². The first-order valence-electron chi connectivity index (χ1n) is 13.4. The Hall–Kier alpha value is -3.01. The number of likely N-dealkylation sites (N-methyl/N-ethyl adjacent to an activating group) is 1. The summed E-state index contributed by atoms with van der Waals surface area (Å²) in [5.41, 5.74) is 4.40. The summed E-state index contributed by atoms with van der Waals surface area (Å²) in [5.74, 6) is 0.743. The Morgan fingerprint density at radius 2 is 2.02 bits per heavy atom. The van der Waals surface area contributed by atoms with Crippen molar-refractivity contribution >= 4 is 44.4 Å². The molecule has 10 nitrogen and oxygen atoms in total. The number of nitrogens with zero attached hydrogens (tertiary/aromatic N) is 8. The van der Waals surface area contributed by atoms with Gasteiger partial charge in [0.1, 0.15) is 18.5 Å². The minimum absolute atomic E-state index is 0. The third kappa shape index (κ3) is 6.65. The highest BCUT2D eigenvalue weighted by Crippen LogP contribution is 2.33. The van der Waals surface area contributed by atoms with E-state index in [-0.39, 0.29) is 45.5 Å². The molecule has 0 aromatic carbocycles. The van der Waals surface area contributed by atoms with Crippen LogP contribution in [0.15, 0.2) is 31.1 Å². The fourth-order valence-electron chi connectivity index (χ4n) is 5.82. The summed E-state index contributed by atoms with van der Waals surface area (Å²) in [7, 11) is 2.14. The molecule has 0 unspecified atom stereocenters. The van der Waals surface area contributed by atoms with Crippen molar-refractivity contribution < 1.29 is 9.53 Å². The smallest absolute Gasteiger partial charge is 0.318 e. The van der Waals surface area contributed by atoms with Gasteiger partial charge in [0.25, 0.3) is 0 Å². The van der Waals surface area contributed by atoms with Gasteiger partial charge in [-0.05, 0) is 57.5 Å². The van der Waals surface area contributed by atoms with Crippen LogP contribution in [0.5, 0.6) is 6.01 Å². The van der Waals surface area contributed by atoms with Crippen LogP contribution in [0.25, 0.3) is 4.85 Å². The van der Waals surface area contributed by atoms with Gasteiger partial charge in [-0.1, -0.05) is 6.58 Å². The van der Waals surface area contributed by atoms with Crippen LogP contribution in [0, 0.1) is 13.5 Å². The SMILES string of the molecule is S.S.[C-]#[N+]C[C@H]1CN(c2nc(OC[C@@H]3CCCN3C)nc3c2CCN(c2ccncc2C)C3)CCN1C(=O)C=C. The van der Waals surface area contributed by atoms with E-state index >= 15 is 0 Å². The Morgan fingerprint density at radius 3 is 2.73 bits per heavy atom. The Balaban J connectivity index is 0.00000220. The van der Waals surface area contributed by atoms with Crippen molar-refractivity contribution in [2.75, 3.05) is 62.7 Å². The number of likely N-dealkylation sites (tertiary alicyclic amines) is 1. The van der Waals surface area contributed by atoms with Gasteiger partial charge in [0.15, 0.2) is 0 Å². The summed E-state index contributed by atoms with van der Waals surface area (Å²) in [6.45, 7) is 18.3. The number of hydrogen-bond acceptors (Lipinski definition) is 8. The molecule has 1 amide bonds. The van der Waals surface area contributed by atoms with E-state index in [0.29, 0.717) is 44.8 Å². The van der Waals surface area contributed by atoms with Crippen LogP contribution in [-0.4, -0.2) is 95.7 Å². The van der Waals surface area contributed by atoms with Gasteiger partial charge in [0.05, 0.1) is 12.2 Å². The highest BCUT2D eigenvalue weighted by atomic mass is 32.1. The van der Waals surface area contributed by atoms with E-state index in [1.807, 2.05) is 12.4 Å². The number of piperazine rings is 1. The topological polar surface area (TPSA) is 82.3 Å². The molecule has 2 fully saturated rings. The van der Waals surface area contributed by atoms with Crippen molar-refractivity contribution in [1.29, 1.82) is 0 Å². The minimum Gasteiger partial charge on any atom is -0.462 e. The number of aromatic nitrogens is 3. The van der Waals surface area contributed by atoms with Crippen LogP contribution in [0.4, 0.5) is 11.5 Å². The van der Waals surface area contributed by atoms with Crippen LogP contribution in [-0.2, 0) is 17.8 Å². The molecule has 0 N–H and O–H groups in total. The van der Waals surface area contributed by atoms with Gasteiger partial charge in [0.2, 0.25) is 12.5 Å². The average Bonchev–Trinajstić information content (AvgIpc) is 3.35. The van der Waals surface area contributed by atoms with Crippen molar-refractivity contribution in [2.24, 2.45) is 0 Å². The van der Waals surface area contributed by atoms with Gasteiger partial charge in [-0.15, -0.1) is 0 Å². The summed E-state index contributed by atoms with van der Waals surface area (Å²) in [6.07, 6.45) is 8.15. The van der Waals surface area contributed by atoms with Crippen LogP contribution < -0.4 is 14.5 Å². The van der Waals surface area contributed by atoms with E-state index in [2.05, 4.69) is 51.1 Å². The largest absolute Gasteiger partial charge is 0.462 e. The molecule has 3 aliphatic rings. The molecule has 2 aromatic rings. The Bertz CT molecular complexity index is 1240. The van der Waals surface area contributed by atoms with Gasteiger partial charge in [-0.25, -0.2) is 6.57 Å². The Morgan fingerprint density at radius 1 is 1.20 bits per heavy atom. The molecule has 5 heterocycles. The standard InChI is InChI=1S/C28H36N8O2.2H2S/c1-5-26(37)36-14-13-35(17-22(36)16-29-3)27-23-9-12-34(25-8-10-30-15-20(25)2)18-24(23)31-28(32-27)38-19-21-7-6-11-33(21)4;;/h5,8,10,15,21-22H,1,6-7,9,11-14,16-19H2,2,4H3;2*1H2/t21-,22-;;/m0../s1. The molecule has 0 saturated carbocycles. The molecule has 12 heteroatoms. The normalized spacial score (nSPS) is 20.6. The van der Waals surface area contributed by atoms with E-state index < -0.39 is 0 Å². The first kappa shape index (κ1) is 31.5. The molecule has 0 aliphatic carbocycles. The highest BCUT2D eigenvalue weighted by molar-refractivity contribution is 7.59. The number of carbonyl (C=O) groups excluding carboxylic acids is 1. The lowest BCUT2D eigenvalue weighted by Gasteiger charge is -2.41. The zero-order valence-corrected chi connectivity index (χ0v) is 25.3. The van der Waals surface area contributed by atoms with E-state index in [0.717, 1.165) is 54.3 Å². The average molecular weight is 585 g/mol. The van der Waals surface area contributed by atoms with Crippen molar-refractivity contribution in [2.45, 2.75) is 44.8 Å². The molecule has 2 atom stereocenters. The molecule has 216 valence electrons. The fraction of sp³-hybridized carbons (Fsp3) is 0.536. The van der Waals surface area contributed by atoms with Crippen molar-refractivity contribution in [3.63, 3.8) is 0 Å². The number of fused-ring (bicyclic) bond motifs is 1. The maximum atomic E-state index is 12.4. The molecule has 2 saturated heterocycles. The number of amides is 1. The third-order valence-corrected chi connectivity index (χ3v) is 7.97. The van der Waals surface area contributed by atoms with Crippen LogP contribution in [0.1, 0.15) is 29.7 Å². The second kappa shape index (κ2) is 14.1. The van der Waals surface area contributed by atoms with Gasteiger partial charge >= 0.3 is 6.01 Å². The molecule has 0 radical (unpaired) electrons. The molecule has 2 aromatic heterocycles. The summed E-state index contributed by atoms with van der Waals surface area (Å²) in [4.78, 5) is 38.8. The van der Waals surface area contributed by atoms with E-state index in [4.69, 9.17) is 21.3 Å². The lowest BCUT2D eigenvalue weighted by molar-refractivity contribution is -0.128. The first-order valence-corrected chi connectivity index (χ1v) is 13.4. The highest BCUT2D eigenvalue weighted by Gasteiger charge is 2.35. The summed E-state index contributed by atoms with van der Waals surface area (Å²) in [6, 6.07) is 2.61. The molecule has 0 spiro atoms. The molecular weight excluding hydrogens is 544 g/mol. The summed E-state index contributed by atoms with van der Waals surface area (Å²) in [5, 5.41) is 0. The van der Waals surface area contributed by atoms with Gasteiger partial charge < -0.3 is 29.2 Å². The number of pyridine rings is 1. The van der Waals surface area contributed by atoms with Crippen molar-refractivity contribution in [1.82, 2.24) is 24.8 Å². The fourth-order valence-corrected chi connectivity index (χ4v) is 5.82. The lowest BCUT2D eigenvalue weighted by atomic mass is 10.0. The zero-order chi connectivity index (χ0) is 26.6. The number of hydrogen-bond donors (Lipinski definition) is 0. The second-order valence-electron chi connectivity index (χ2n) is 10.4. The molecule has 5 rings (SSSR count). The second-order valence-corrected chi connectivity index (χ2v) is 10.4. The number of aryl methyl sites for hydroxylation is 1. The minimum atomic E-state index is -0.214. The first-order chi connectivity index (χ1) is 18.5. The molecule has 40 heavy (non-hydrogen) atoms. The van der Waals surface area contributed by atoms with E-state index in [1.54, 1.807) is 4.90 Å². The summed E-state index contributed by atoms with van der Waals surface area (Å²) < 4.78 is 6.23. The third-order valence-electron chi connectivity index (χ3n) is 7.97. The predicted octanol–water partition coefficient (Wildman–Crippen LogP) is 2.56. The number of ether oxygens (including phenoxy) is 1. The van der Waals surface area contributed by atoms with Crippen molar-refractivity contribution in [3.8, 4) is 6.01 Å². The maximum absolute atomic E-state index is 12.4. The Labute approximate surface area is 251 Å². The van der Waals surface area contributed by atoms with Gasteiger partial charge in [-0.2, -0.15) is 37.0 Å². The monoisotopic (exact) mass is 584 g/mol. The Kier molecular flexibility index (Phi) is 11.1. The van der Waals surface area contributed by atoms with E-state index in [9.17, 15) is 4.79 Å². The number of rotatable bonds is 7. The quantitative estimate of drug-likeness (QED) is 0.363. The molecular formula is C28H40N8O2S2. The van der Waals surface area contributed by atoms with Gasteiger partial charge in [0, 0.05) is 55.9 Å². The van der Waals surface area contributed by atoms with Crippen LogP contribution >= 0.6 is 27.0 Å². The lowest BCUT2D eigenvalue weighted by Crippen LogP contribution is -2.56. The maximum Gasteiger partial charge on any atom is 0.318 e. The van der Waals surface area contributed by atoms with Crippen LogP contribution in [0.2, 0.25) is 0 Å². The number of anilines is 2. The van der Waals surface area contributed by atoms with Crippen molar-refractivity contribution in [3.05, 3.63) is 59.4 Å². The predicted molar refractivity (Wildman–Crippen MR) is 167 cm³/mol.